The molecule has 5 heteroatoms. The molecule has 1 saturated carbocycles. The first-order valence-corrected chi connectivity index (χ1v) is 10.2. The van der Waals surface area contributed by atoms with E-state index in [0.717, 1.165) is 12.5 Å². The molecule has 0 bridgehead atoms. The molecular weight excluding hydrogens is 298 g/mol. The number of nitrogens with zero attached hydrogens (tertiary/aromatic N) is 2. The first kappa shape index (κ1) is 17.1. The van der Waals surface area contributed by atoms with E-state index in [-0.39, 0.29) is 0 Å². The fourth-order valence-electron chi connectivity index (χ4n) is 2.45. The van der Waals surface area contributed by atoms with Crippen molar-refractivity contribution in [3.8, 4) is 0 Å². The van der Waals surface area contributed by atoms with Gasteiger partial charge < -0.3 is 10.2 Å². The first-order valence-electron chi connectivity index (χ1n) is 8.01. The lowest BCUT2D eigenvalue weighted by molar-refractivity contribution is 0.590. The minimum Gasteiger partial charge on any atom is -0.347 e. The summed E-state index contributed by atoms with van der Waals surface area (Å²) < 4.78 is 0. The van der Waals surface area contributed by atoms with Gasteiger partial charge in [0.1, 0.15) is 0 Å². The molecule has 1 N–H and O–H groups in total. The second kappa shape index (κ2) is 7.84. The Kier molecular flexibility index (Phi) is 6.38. The van der Waals surface area contributed by atoms with Crippen LogP contribution in [-0.2, 0) is 6.54 Å². The molecule has 1 aromatic heterocycles. The van der Waals surface area contributed by atoms with E-state index >= 15 is 0 Å². The molecule has 0 spiro atoms. The van der Waals surface area contributed by atoms with Crippen molar-refractivity contribution >= 4 is 28.2 Å². The highest BCUT2D eigenvalue weighted by atomic mass is 32.2. The second-order valence-electron chi connectivity index (χ2n) is 6.24. The van der Waals surface area contributed by atoms with Crippen molar-refractivity contribution in [1.29, 1.82) is 0 Å². The Morgan fingerprint density at radius 3 is 2.67 bits per heavy atom. The lowest BCUT2D eigenvalue weighted by Gasteiger charge is -2.26. The topological polar surface area (TPSA) is 28.2 Å². The minimum atomic E-state index is 0.528. The molecule has 0 amide bonds. The molecule has 1 heterocycles. The van der Waals surface area contributed by atoms with Crippen LogP contribution in [0.25, 0.3) is 0 Å². The Labute approximate surface area is 137 Å². The molecule has 3 nitrogen and oxygen atoms in total. The molecule has 2 rings (SSSR count). The largest absolute Gasteiger partial charge is 0.347 e. The maximum atomic E-state index is 5.00. The molecule has 21 heavy (non-hydrogen) atoms. The number of anilines is 1. The zero-order valence-electron chi connectivity index (χ0n) is 14.0. The summed E-state index contributed by atoms with van der Waals surface area (Å²) in [6, 6.07) is 1.12. The van der Waals surface area contributed by atoms with Crippen LogP contribution in [0.1, 0.15) is 56.5 Å². The molecule has 0 saturated heterocycles. The fourth-order valence-corrected chi connectivity index (χ4v) is 4.43. The first-order chi connectivity index (χ1) is 10.1. The number of rotatable bonds is 9. The Morgan fingerprint density at radius 1 is 1.43 bits per heavy atom. The van der Waals surface area contributed by atoms with Gasteiger partial charge in [-0.2, -0.15) is 11.8 Å². The lowest BCUT2D eigenvalue weighted by atomic mass is 10.2. The van der Waals surface area contributed by atoms with Crippen molar-refractivity contribution in [1.82, 2.24) is 10.3 Å². The minimum absolute atomic E-state index is 0.528. The van der Waals surface area contributed by atoms with E-state index in [1.807, 2.05) is 23.1 Å². The molecule has 1 fully saturated rings. The van der Waals surface area contributed by atoms with Crippen LogP contribution in [0.5, 0.6) is 0 Å². The predicted molar refractivity (Wildman–Crippen MR) is 96.9 cm³/mol. The van der Waals surface area contributed by atoms with Crippen molar-refractivity contribution in [3.05, 3.63) is 10.6 Å². The van der Waals surface area contributed by atoms with Crippen LogP contribution in [0.3, 0.4) is 0 Å². The Bertz CT molecular complexity index is 441. The van der Waals surface area contributed by atoms with Gasteiger partial charge in [-0.25, -0.2) is 4.98 Å². The van der Waals surface area contributed by atoms with Gasteiger partial charge >= 0.3 is 0 Å². The van der Waals surface area contributed by atoms with Gasteiger partial charge in [-0.1, -0.05) is 20.8 Å². The molecule has 1 aliphatic carbocycles. The average molecular weight is 328 g/mol. The number of hydrogen-bond donors (Lipinski definition) is 1. The van der Waals surface area contributed by atoms with Gasteiger partial charge in [0.05, 0.1) is 5.69 Å². The van der Waals surface area contributed by atoms with Gasteiger partial charge in [0.25, 0.3) is 0 Å². The smallest absolute Gasteiger partial charge is 0.185 e. The third-order valence-corrected chi connectivity index (χ3v) is 5.91. The monoisotopic (exact) mass is 327 g/mol. The van der Waals surface area contributed by atoms with Gasteiger partial charge in [0.2, 0.25) is 0 Å². The van der Waals surface area contributed by atoms with Gasteiger partial charge in [0.15, 0.2) is 5.13 Å². The number of nitrogens with one attached hydrogen (secondary N) is 1. The summed E-state index contributed by atoms with van der Waals surface area (Å²) in [5.41, 5.74) is 1.37. The quantitative estimate of drug-likeness (QED) is 0.739. The maximum Gasteiger partial charge on any atom is 0.185 e. The second-order valence-corrected chi connectivity index (χ2v) is 8.22. The van der Waals surface area contributed by atoms with Gasteiger partial charge in [-0.05, 0) is 25.5 Å². The van der Waals surface area contributed by atoms with Crippen molar-refractivity contribution in [2.24, 2.45) is 0 Å². The molecule has 0 aliphatic heterocycles. The average Bonchev–Trinajstić information content (AvgIpc) is 3.21. The van der Waals surface area contributed by atoms with Crippen LogP contribution in [0.4, 0.5) is 5.13 Å². The predicted octanol–water partition coefficient (Wildman–Crippen LogP) is 4.10. The van der Waals surface area contributed by atoms with Crippen LogP contribution in [0, 0.1) is 0 Å². The van der Waals surface area contributed by atoms with Crippen LogP contribution in [0.15, 0.2) is 0 Å². The summed E-state index contributed by atoms with van der Waals surface area (Å²) in [6.07, 6.45) is 6.01. The lowest BCUT2D eigenvalue weighted by Crippen LogP contribution is -2.33. The summed E-state index contributed by atoms with van der Waals surface area (Å²) in [5.74, 6) is 1.90. The van der Waals surface area contributed by atoms with E-state index in [0.29, 0.717) is 12.1 Å². The number of aromatic nitrogens is 1. The summed E-state index contributed by atoms with van der Waals surface area (Å²) in [7, 11) is 2.21. The van der Waals surface area contributed by atoms with Crippen LogP contribution in [-0.4, -0.2) is 36.1 Å². The van der Waals surface area contributed by atoms with Crippen LogP contribution >= 0.6 is 23.1 Å². The third-order valence-electron chi connectivity index (χ3n) is 4.03. The fraction of sp³-hybridized carbons (Fsp3) is 0.812. The number of hydrogen-bond acceptors (Lipinski definition) is 5. The normalized spacial score (nSPS) is 16.5. The summed E-state index contributed by atoms with van der Waals surface area (Å²) in [5, 5.41) is 4.76. The van der Waals surface area contributed by atoms with Crippen molar-refractivity contribution in [2.45, 2.75) is 64.6 Å². The standard InChI is InChI=1S/C16H29N3S2/c1-6-13(10-20-5)19(4)16-18-15(12-7-8-12)14(21-16)9-17-11(2)3/h11-13,17H,6-10H2,1-5H3. The van der Waals surface area contributed by atoms with E-state index < -0.39 is 0 Å². The van der Waals surface area contributed by atoms with E-state index in [2.05, 4.69) is 44.3 Å². The van der Waals surface area contributed by atoms with Crippen LogP contribution < -0.4 is 10.2 Å². The highest BCUT2D eigenvalue weighted by molar-refractivity contribution is 7.98. The maximum absolute atomic E-state index is 5.00. The zero-order valence-corrected chi connectivity index (χ0v) is 15.6. The molecule has 0 aromatic carbocycles. The molecule has 1 unspecified atom stereocenters. The molecular formula is C16H29N3S2. The highest BCUT2D eigenvalue weighted by Crippen LogP contribution is 2.44. The SMILES string of the molecule is CCC(CSC)N(C)c1nc(C2CC2)c(CNC(C)C)s1. The molecule has 1 atom stereocenters. The summed E-state index contributed by atoms with van der Waals surface area (Å²) in [4.78, 5) is 8.84. The van der Waals surface area contributed by atoms with Crippen molar-refractivity contribution in [2.75, 3.05) is 24.0 Å². The summed E-state index contributed by atoms with van der Waals surface area (Å²) >= 11 is 3.81. The van der Waals surface area contributed by atoms with E-state index in [1.54, 1.807) is 0 Å². The Morgan fingerprint density at radius 2 is 2.14 bits per heavy atom. The van der Waals surface area contributed by atoms with Crippen LogP contribution in [0.2, 0.25) is 0 Å². The zero-order chi connectivity index (χ0) is 15.4. The molecule has 1 aromatic rings. The Balaban J connectivity index is 2.13. The number of thioether (sulfide) groups is 1. The molecule has 1 aliphatic rings. The van der Waals surface area contributed by atoms with Crippen molar-refractivity contribution < 1.29 is 0 Å². The molecule has 0 radical (unpaired) electrons. The highest BCUT2D eigenvalue weighted by Gasteiger charge is 2.30. The van der Waals surface area contributed by atoms with Gasteiger partial charge in [-0.15, -0.1) is 11.3 Å². The van der Waals surface area contributed by atoms with Gasteiger partial charge in [0, 0.05) is 42.2 Å². The third kappa shape index (κ3) is 4.60. The van der Waals surface area contributed by atoms with E-state index in [4.69, 9.17) is 4.98 Å². The molecule has 120 valence electrons. The number of thiazole rings is 1. The van der Waals surface area contributed by atoms with Gasteiger partial charge in [-0.3, -0.25) is 0 Å². The Hall–Kier alpha value is -0.260. The van der Waals surface area contributed by atoms with Crippen molar-refractivity contribution in [3.63, 3.8) is 0 Å². The van der Waals surface area contributed by atoms with E-state index in [9.17, 15) is 0 Å². The summed E-state index contributed by atoms with van der Waals surface area (Å²) in [6.45, 7) is 7.65. The van der Waals surface area contributed by atoms with E-state index in [1.165, 1.54) is 40.7 Å².